The van der Waals surface area contributed by atoms with Crippen molar-refractivity contribution < 1.29 is 4.79 Å². The third kappa shape index (κ3) is 5.59. The normalized spacial score (nSPS) is 15.5. The van der Waals surface area contributed by atoms with Crippen LogP contribution in [0.25, 0.3) is 0 Å². The van der Waals surface area contributed by atoms with Crippen LogP contribution in [0.4, 0.5) is 5.69 Å². The van der Waals surface area contributed by atoms with E-state index in [4.69, 9.17) is 0 Å². The molecule has 1 N–H and O–H groups in total. The maximum Gasteiger partial charge on any atom is 0.221 e. The van der Waals surface area contributed by atoms with Crippen LogP contribution in [0.2, 0.25) is 0 Å². The van der Waals surface area contributed by atoms with Crippen LogP contribution < -0.4 is 10.2 Å². The minimum Gasteiger partial charge on any atom is -0.372 e. The van der Waals surface area contributed by atoms with Crippen LogP contribution in [0.5, 0.6) is 0 Å². The molecule has 1 amide bonds. The van der Waals surface area contributed by atoms with Crippen LogP contribution >= 0.6 is 0 Å². The van der Waals surface area contributed by atoms with Crippen LogP contribution in [-0.4, -0.2) is 19.0 Å². The highest BCUT2D eigenvalue weighted by atomic mass is 16.1. The summed E-state index contributed by atoms with van der Waals surface area (Å²) in [6, 6.07) is 29.3. The number of amides is 1. The number of carbonyl (C=O) groups is 1. The molecule has 3 nitrogen and oxygen atoms in total. The summed E-state index contributed by atoms with van der Waals surface area (Å²) in [6.07, 6.45) is 2.96. The molecule has 0 saturated carbocycles. The first-order valence-corrected chi connectivity index (χ1v) is 11.8. The van der Waals surface area contributed by atoms with Crippen molar-refractivity contribution in [3.63, 3.8) is 0 Å². The number of piperidine rings is 1. The fourth-order valence-corrected chi connectivity index (χ4v) is 4.61. The summed E-state index contributed by atoms with van der Waals surface area (Å²) in [4.78, 5) is 15.5. The molecule has 32 heavy (non-hydrogen) atoms. The molecule has 1 saturated heterocycles. The monoisotopic (exact) mass is 426 g/mol. The lowest BCUT2D eigenvalue weighted by Crippen LogP contribution is -2.32. The summed E-state index contributed by atoms with van der Waals surface area (Å²) in [7, 11) is 0. The highest BCUT2D eigenvalue weighted by molar-refractivity contribution is 5.78. The van der Waals surface area contributed by atoms with E-state index in [-0.39, 0.29) is 17.9 Å². The van der Waals surface area contributed by atoms with Crippen LogP contribution in [-0.2, 0) is 4.79 Å². The second kappa shape index (κ2) is 10.5. The Balaban J connectivity index is 1.40. The lowest BCUT2D eigenvalue weighted by Gasteiger charge is -2.32. The van der Waals surface area contributed by atoms with Gasteiger partial charge in [-0.05, 0) is 54.5 Å². The predicted octanol–water partition coefficient (Wildman–Crippen LogP) is 6.32. The number of carbonyl (C=O) groups excluding carboxylic acids is 1. The van der Waals surface area contributed by atoms with Crippen molar-refractivity contribution in [3.05, 3.63) is 102 Å². The van der Waals surface area contributed by atoms with E-state index < -0.39 is 0 Å². The Morgan fingerprint density at radius 2 is 1.38 bits per heavy atom. The van der Waals surface area contributed by atoms with E-state index in [2.05, 4.69) is 72.6 Å². The molecule has 0 aliphatic carbocycles. The van der Waals surface area contributed by atoms with E-state index in [1.807, 2.05) is 36.4 Å². The Morgan fingerprint density at radius 1 is 0.844 bits per heavy atom. The van der Waals surface area contributed by atoms with Gasteiger partial charge in [-0.3, -0.25) is 4.79 Å². The van der Waals surface area contributed by atoms with E-state index in [9.17, 15) is 4.79 Å². The van der Waals surface area contributed by atoms with Crippen molar-refractivity contribution in [3.8, 4) is 0 Å². The molecular formula is C29H34N2O. The molecule has 1 aliphatic heterocycles. The molecule has 4 rings (SSSR count). The van der Waals surface area contributed by atoms with Gasteiger partial charge in [-0.2, -0.15) is 0 Å². The zero-order valence-corrected chi connectivity index (χ0v) is 19.2. The largest absolute Gasteiger partial charge is 0.372 e. The van der Waals surface area contributed by atoms with Gasteiger partial charge in [-0.25, -0.2) is 0 Å². The fourth-order valence-electron chi connectivity index (χ4n) is 4.61. The van der Waals surface area contributed by atoms with E-state index in [1.54, 1.807) is 0 Å². The fraction of sp³-hybridized carbons (Fsp3) is 0.345. The average molecular weight is 427 g/mol. The third-order valence-electron chi connectivity index (χ3n) is 6.71. The molecule has 0 bridgehead atoms. The molecule has 3 aromatic carbocycles. The predicted molar refractivity (Wildman–Crippen MR) is 133 cm³/mol. The number of hydrogen-bond donors (Lipinski definition) is 1. The Bertz CT molecular complexity index is 937. The number of anilines is 1. The maximum absolute atomic E-state index is 13.0. The maximum atomic E-state index is 13.0. The van der Waals surface area contributed by atoms with Gasteiger partial charge in [-0.15, -0.1) is 0 Å². The molecule has 0 spiro atoms. The molecule has 3 heteroatoms. The Kier molecular flexibility index (Phi) is 7.26. The first-order valence-electron chi connectivity index (χ1n) is 11.8. The van der Waals surface area contributed by atoms with Crippen molar-refractivity contribution in [1.82, 2.24) is 5.32 Å². The van der Waals surface area contributed by atoms with Crippen LogP contribution in [0, 0.1) is 5.92 Å². The zero-order chi connectivity index (χ0) is 22.3. The second-order valence-electron chi connectivity index (χ2n) is 9.13. The minimum atomic E-state index is -0.0230. The van der Waals surface area contributed by atoms with Gasteiger partial charge in [0.25, 0.3) is 0 Å². The van der Waals surface area contributed by atoms with Crippen LogP contribution in [0.15, 0.2) is 84.9 Å². The van der Waals surface area contributed by atoms with Gasteiger partial charge in [0, 0.05) is 31.1 Å². The van der Waals surface area contributed by atoms with Gasteiger partial charge >= 0.3 is 0 Å². The van der Waals surface area contributed by atoms with Crippen molar-refractivity contribution in [2.24, 2.45) is 5.92 Å². The molecule has 0 aromatic heterocycles. The molecule has 3 aromatic rings. The van der Waals surface area contributed by atoms with Crippen LogP contribution in [0.3, 0.4) is 0 Å². The smallest absolute Gasteiger partial charge is 0.221 e. The number of benzene rings is 3. The molecule has 1 fully saturated rings. The van der Waals surface area contributed by atoms with Crippen molar-refractivity contribution in [2.45, 2.75) is 45.1 Å². The van der Waals surface area contributed by atoms with Gasteiger partial charge in [-0.1, -0.05) is 79.7 Å². The van der Waals surface area contributed by atoms with Gasteiger partial charge in [0.2, 0.25) is 5.91 Å². The Labute approximate surface area is 192 Å². The highest BCUT2D eigenvalue weighted by Crippen LogP contribution is 2.29. The number of nitrogens with zero attached hydrogens (tertiary/aromatic N) is 1. The molecule has 1 heterocycles. The zero-order valence-electron chi connectivity index (χ0n) is 19.2. The van der Waals surface area contributed by atoms with Gasteiger partial charge in [0.15, 0.2) is 0 Å². The molecule has 0 unspecified atom stereocenters. The van der Waals surface area contributed by atoms with Gasteiger partial charge in [0.05, 0.1) is 6.04 Å². The molecule has 1 atom stereocenters. The second-order valence-corrected chi connectivity index (χ2v) is 9.13. The number of hydrogen-bond acceptors (Lipinski definition) is 2. The lowest BCUT2D eigenvalue weighted by molar-refractivity contribution is -0.121. The quantitative estimate of drug-likeness (QED) is 0.479. The number of nitrogens with one attached hydrogen (secondary N) is 1. The topological polar surface area (TPSA) is 32.3 Å². The van der Waals surface area contributed by atoms with E-state index in [0.29, 0.717) is 6.42 Å². The standard InChI is InChI=1S/C29H34N2O/c1-22-17-19-31(20-18-22)27-15-13-24(14-16-27)23(2)30-29(32)21-28(25-9-5-3-6-10-25)26-11-7-4-8-12-26/h3-16,22-23,28H,17-21H2,1-2H3,(H,30,32)/t23-/m1/s1. The van der Waals surface area contributed by atoms with Gasteiger partial charge in [0.1, 0.15) is 0 Å². The Morgan fingerprint density at radius 3 is 1.91 bits per heavy atom. The molecule has 1 aliphatic rings. The van der Waals surface area contributed by atoms with Gasteiger partial charge < -0.3 is 10.2 Å². The Hall–Kier alpha value is -3.07. The van der Waals surface area contributed by atoms with E-state index in [1.165, 1.54) is 29.7 Å². The summed E-state index contributed by atoms with van der Waals surface area (Å²) in [5, 5.41) is 3.22. The summed E-state index contributed by atoms with van der Waals surface area (Å²) in [5.41, 5.74) is 4.76. The van der Waals surface area contributed by atoms with Crippen molar-refractivity contribution in [2.75, 3.05) is 18.0 Å². The molecule has 0 radical (unpaired) electrons. The SMILES string of the molecule is CC1CCN(c2ccc([C@@H](C)NC(=O)CC(c3ccccc3)c3ccccc3)cc2)CC1. The summed E-state index contributed by atoms with van der Waals surface area (Å²) in [5.74, 6) is 0.953. The molecule has 166 valence electrons. The summed E-state index contributed by atoms with van der Waals surface area (Å²) >= 11 is 0. The van der Waals surface area contributed by atoms with Crippen LogP contribution in [0.1, 0.15) is 61.8 Å². The van der Waals surface area contributed by atoms with E-state index in [0.717, 1.165) is 24.6 Å². The third-order valence-corrected chi connectivity index (χ3v) is 6.71. The van der Waals surface area contributed by atoms with Crippen molar-refractivity contribution in [1.29, 1.82) is 0 Å². The average Bonchev–Trinajstić information content (AvgIpc) is 2.84. The summed E-state index contributed by atoms with van der Waals surface area (Å²) in [6.45, 7) is 6.67. The minimum absolute atomic E-state index is 0.0230. The molecular weight excluding hydrogens is 392 g/mol. The van der Waals surface area contributed by atoms with Crippen molar-refractivity contribution >= 4 is 11.6 Å². The first kappa shape index (κ1) is 22.1. The number of rotatable bonds is 7. The lowest BCUT2D eigenvalue weighted by atomic mass is 9.88. The summed E-state index contributed by atoms with van der Waals surface area (Å²) < 4.78 is 0. The highest BCUT2D eigenvalue weighted by Gasteiger charge is 2.20. The first-order chi connectivity index (χ1) is 15.6. The van der Waals surface area contributed by atoms with E-state index >= 15 is 0 Å².